The van der Waals surface area contributed by atoms with E-state index in [0.29, 0.717) is 0 Å². The van der Waals surface area contributed by atoms with Gasteiger partial charge in [0.2, 0.25) is 0 Å². The molecule has 17 heavy (non-hydrogen) atoms. The lowest BCUT2D eigenvalue weighted by Gasteiger charge is -2.45. The number of nitrogens with one attached hydrogen (secondary N) is 1. The average molecular weight is 267 g/mol. The number of ether oxygens (including phenoxy) is 2. The summed E-state index contributed by atoms with van der Waals surface area (Å²) >= 11 is 4.08. The standard InChI is InChI=1S/C9H17NO6S/c1-15-5(10)2-9(17)8(14)7(13)6(12)4(3-11)16-9/h4,6-8,10-14,17H,2-3H2,1H3/t4-,6+,7+,8-,9+/m1/s1. The smallest absolute Gasteiger partial charge is 0.183 e. The summed E-state index contributed by atoms with van der Waals surface area (Å²) in [6, 6.07) is 0. The predicted octanol–water partition coefficient (Wildman–Crippen LogP) is -1.90. The number of rotatable bonds is 3. The molecule has 5 atom stereocenters. The number of hydrogen-bond donors (Lipinski definition) is 6. The van der Waals surface area contributed by atoms with Crippen molar-refractivity contribution in [3.05, 3.63) is 0 Å². The molecule has 0 aromatic heterocycles. The SMILES string of the molecule is COC(=N)C[C@@]1(S)O[C@H](CO)[C@H](O)[C@H](O)[C@H]1O. The molecule has 1 aliphatic rings. The summed E-state index contributed by atoms with van der Waals surface area (Å²) < 4.78 is 9.86. The second kappa shape index (κ2) is 5.51. The first-order valence-corrected chi connectivity index (χ1v) is 5.47. The second-order valence-corrected chi connectivity index (χ2v) is 4.67. The monoisotopic (exact) mass is 267 g/mol. The van der Waals surface area contributed by atoms with E-state index in [9.17, 15) is 15.3 Å². The minimum Gasteiger partial charge on any atom is -0.484 e. The number of aliphatic hydroxyl groups excluding tert-OH is 4. The summed E-state index contributed by atoms with van der Waals surface area (Å²) in [4.78, 5) is -1.58. The first-order valence-electron chi connectivity index (χ1n) is 5.02. The highest BCUT2D eigenvalue weighted by Crippen LogP contribution is 2.36. The average Bonchev–Trinajstić information content (AvgIpc) is 2.31. The number of hydrogen-bond acceptors (Lipinski definition) is 8. The van der Waals surface area contributed by atoms with Gasteiger partial charge in [0, 0.05) is 0 Å². The molecule has 1 saturated heterocycles. The van der Waals surface area contributed by atoms with Crippen molar-refractivity contribution in [2.24, 2.45) is 0 Å². The maximum Gasteiger partial charge on any atom is 0.183 e. The van der Waals surface area contributed by atoms with Gasteiger partial charge in [0.15, 0.2) is 5.90 Å². The quantitative estimate of drug-likeness (QED) is 0.202. The zero-order valence-corrected chi connectivity index (χ0v) is 10.2. The Morgan fingerprint density at radius 3 is 2.47 bits per heavy atom. The van der Waals surface area contributed by atoms with E-state index in [0.717, 1.165) is 0 Å². The topological polar surface area (TPSA) is 123 Å². The zero-order chi connectivity index (χ0) is 13.2. The van der Waals surface area contributed by atoms with Gasteiger partial charge < -0.3 is 29.9 Å². The van der Waals surface area contributed by atoms with Crippen molar-refractivity contribution in [3.63, 3.8) is 0 Å². The Balaban J connectivity index is 2.86. The minimum absolute atomic E-state index is 0.195. The van der Waals surface area contributed by atoms with E-state index in [4.69, 9.17) is 15.3 Å². The third kappa shape index (κ3) is 2.90. The lowest BCUT2D eigenvalue weighted by Crippen LogP contribution is -2.63. The van der Waals surface area contributed by atoms with Crippen molar-refractivity contribution in [2.75, 3.05) is 13.7 Å². The van der Waals surface area contributed by atoms with Crippen LogP contribution in [0.25, 0.3) is 0 Å². The molecule has 0 aromatic rings. The molecule has 100 valence electrons. The maximum atomic E-state index is 9.78. The molecular weight excluding hydrogens is 250 g/mol. The third-order valence-electron chi connectivity index (χ3n) is 2.71. The van der Waals surface area contributed by atoms with Gasteiger partial charge in [-0.25, -0.2) is 0 Å². The van der Waals surface area contributed by atoms with Gasteiger partial charge in [-0.05, 0) is 0 Å². The van der Waals surface area contributed by atoms with Crippen LogP contribution >= 0.6 is 12.6 Å². The van der Waals surface area contributed by atoms with Crippen molar-refractivity contribution in [1.29, 1.82) is 5.41 Å². The summed E-state index contributed by atoms with van der Waals surface area (Å²) in [7, 11) is 1.28. The molecular formula is C9H17NO6S. The van der Waals surface area contributed by atoms with Crippen molar-refractivity contribution >= 4 is 18.5 Å². The van der Waals surface area contributed by atoms with E-state index in [1.807, 2.05) is 0 Å². The fraction of sp³-hybridized carbons (Fsp3) is 0.889. The fourth-order valence-corrected chi connectivity index (χ4v) is 2.10. The molecule has 5 N–H and O–H groups in total. The van der Waals surface area contributed by atoms with E-state index >= 15 is 0 Å². The van der Waals surface area contributed by atoms with E-state index in [2.05, 4.69) is 17.4 Å². The first-order chi connectivity index (χ1) is 7.85. The molecule has 1 heterocycles. The Morgan fingerprint density at radius 2 is 2.00 bits per heavy atom. The molecule has 0 aliphatic carbocycles. The van der Waals surface area contributed by atoms with Gasteiger partial charge in [0.25, 0.3) is 0 Å². The largest absolute Gasteiger partial charge is 0.484 e. The second-order valence-electron chi connectivity index (χ2n) is 3.91. The van der Waals surface area contributed by atoms with Crippen molar-refractivity contribution < 1.29 is 29.9 Å². The van der Waals surface area contributed by atoms with Crippen LogP contribution in [-0.2, 0) is 9.47 Å². The molecule has 8 heteroatoms. The van der Waals surface area contributed by atoms with Crippen LogP contribution < -0.4 is 0 Å². The van der Waals surface area contributed by atoms with Crippen LogP contribution in [0.3, 0.4) is 0 Å². The first kappa shape index (κ1) is 14.7. The van der Waals surface area contributed by atoms with E-state index in [-0.39, 0.29) is 12.3 Å². The van der Waals surface area contributed by atoms with Crippen LogP contribution in [0.4, 0.5) is 0 Å². The summed E-state index contributed by atoms with van der Waals surface area (Å²) in [5, 5.41) is 45.3. The highest BCUT2D eigenvalue weighted by molar-refractivity contribution is 7.81. The van der Waals surface area contributed by atoms with Crippen LogP contribution in [-0.4, -0.2) is 69.4 Å². The molecule has 0 bridgehead atoms. The van der Waals surface area contributed by atoms with Crippen LogP contribution in [0.15, 0.2) is 0 Å². The molecule has 1 fully saturated rings. The Kier molecular flexibility index (Phi) is 4.76. The Hall–Kier alpha value is -0.380. The Labute approximate surface area is 104 Å². The highest BCUT2D eigenvalue weighted by atomic mass is 32.1. The highest BCUT2D eigenvalue weighted by Gasteiger charge is 2.52. The molecule has 0 unspecified atom stereocenters. The van der Waals surface area contributed by atoms with Crippen LogP contribution in [0.1, 0.15) is 6.42 Å². The maximum absolute atomic E-state index is 9.78. The summed E-state index contributed by atoms with van der Waals surface area (Å²) in [6.45, 7) is -0.534. The summed E-state index contributed by atoms with van der Waals surface area (Å²) in [6.07, 6.45) is -5.70. The molecule has 7 nitrogen and oxygen atoms in total. The minimum atomic E-state index is -1.58. The molecule has 0 radical (unpaired) electrons. The molecule has 1 aliphatic heterocycles. The van der Waals surface area contributed by atoms with Gasteiger partial charge in [-0.3, -0.25) is 5.41 Å². The lowest BCUT2D eigenvalue weighted by molar-refractivity contribution is -0.239. The molecule has 0 saturated carbocycles. The number of methoxy groups -OCH3 is 1. The molecule has 0 aromatic carbocycles. The van der Waals surface area contributed by atoms with Crippen LogP contribution in [0, 0.1) is 5.41 Å². The van der Waals surface area contributed by atoms with Gasteiger partial charge in [0.1, 0.15) is 29.3 Å². The van der Waals surface area contributed by atoms with E-state index < -0.39 is 36.0 Å². The lowest BCUT2D eigenvalue weighted by atomic mass is 9.93. The number of thiol groups is 1. The Morgan fingerprint density at radius 1 is 1.41 bits per heavy atom. The van der Waals surface area contributed by atoms with Gasteiger partial charge in [-0.15, -0.1) is 12.6 Å². The molecule has 0 spiro atoms. The predicted molar refractivity (Wildman–Crippen MR) is 61.0 cm³/mol. The van der Waals surface area contributed by atoms with Gasteiger partial charge in [-0.1, -0.05) is 0 Å². The van der Waals surface area contributed by atoms with Crippen LogP contribution in [0.2, 0.25) is 0 Å². The van der Waals surface area contributed by atoms with Crippen molar-refractivity contribution in [2.45, 2.75) is 35.8 Å². The zero-order valence-electron chi connectivity index (χ0n) is 9.28. The third-order valence-corrected chi connectivity index (χ3v) is 3.24. The van der Waals surface area contributed by atoms with Crippen molar-refractivity contribution in [1.82, 2.24) is 0 Å². The summed E-state index contributed by atoms with van der Waals surface area (Å²) in [5.74, 6) is -0.195. The molecule has 1 rings (SSSR count). The van der Waals surface area contributed by atoms with Gasteiger partial charge in [-0.2, -0.15) is 0 Å². The van der Waals surface area contributed by atoms with E-state index in [1.165, 1.54) is 7.11 Å². The van der Waals surface area contributed by atoms with Gasteiger partial charge in [0.05, 0.1) is 20.1 Å². The van der Waals surface area contributed by atoms with Crippen molar-refractivity contribution in [3.8, 4) is 0 Å². The normalized spacial score (nSPS) is 42.2. The van der Waals surface area contributed by atoms with E-state index in [1.54, 1.807) is 0 Å². The molecule has 0 amide bonds. The van der Waals surface area contributed by atoms with Crippen LogP contribution in [0.5, 0.6) is 0 Å². The fourth-order valence-electron chi connectivity index (χ4n) is 1.67. The van der Waals surface area contributed by atoms with Gasteiger partial charge >= 0.3 is 0 Å². The number of aliphatic hydroxyl groups is 4. The summed E-state index contributed by atoms with van der Waals surface area (Å²) in [5.41, 5.74) is 0. The Bertz CT molecular complexity index is 289.